The first-order valence-corrected chi connectivity index (χ1v) is 6.75. The molecule has 0 bridgehead atoms. The van der Waals surface area contributed by atoms with E-state index in [0.717, 1.165) is 11.1 Å². The van der Waals surface area contributed by atoms with Crippen molar-refractivity contribution in [2.24, 2.45) is 17.4 Å². The summed E-state index contributed by atoms with van der Waals surface area (Å²) in [6, 6.07) is 4.88. The van der Waals surface area contributed by atoms with Crippen molar-refractivity contribution in [2.45, 2.75) is 12.8 Å². The van der Waals surface area contributed by atoms with Crippen molar-refractivity contribution >= 4 is 34.7 Å². The number of amides is 3. The number of anilines is 1. The number of carbonyl (C=O) groups is 2. The Morgan fingerprint density at radius 1 is 1.29 bits per heavy atom. The summed E-state index contributed by atoms with van der Waals surface area (Å²) < 4.78 is 0. The molecule has 0 radical (unpaired) electrons. The minimum atomic E-state index is -0.752. The lowest BCUT2D eigenvalue weighted by molar-refractivity contribution is 0.100. The van der Waals surface area contributed by atoms with Crippen molar-refractivity contribution in [1.29, 1.82) is 0 Å². The number of aromatic nitrogens is 1. The van der Waals surface area contributed by atoms with Gasteiger partial charge in [-0.3, -0.25) is 10.1 Å². The molecular formula is C15H16N4O2. The van der Waals surface area contributed by atoms with E-state index >= 15 is 0 Å². The maximum atomic E-state index is 11.6. The zero-order valence-electron chi connectivity index (χ0n) is 11.3. The van der Waals surface area contributed by atoms with Crippen LogP contribution < -0.4 is 16.8 Å². The summed E-state index contributed by atoms with van der Waals surface area (Å²) in [6.45, 7) is 0. The quantitative estimate of drug-likeness (QED) is 0.689. The van der Waals surface area contributed by atoms with Crippen LogP contribution in [0.25, 0.3) is 17.0 Å². The predicted octanol–water partition coefficient (Wildman–Crippen LogP) is 2.18. The van der Waals surface area contributed by atoms with Crippen molar-refractivity contribution in [3.05, 3.63) is 35.4 Å². The first-order valence-electron chi connectivity index (χ1n) is 6.75. The highest BCUT2D eigenvalue weighted by Gasteiger charge is 2.18. The van der Waals surface area contributed by atoms with Gasteiger partial charge in [0.15, 0.2) is 0 Å². The first kappa shape index (κ1) is 13.2. The van der Waals surface area contributed by atoms with E-state index in [-0.39, 0.29) is 11.4 Å². The molecule has 1 heterocycles. The van der Waals surface area contributed by atoms with Crippen molar-refractivity contribution in [2.75, 3.05) is 5.32 Å². The highest BCUT2D eigenvalue weighted by molar-refractivity contribution is 6.13. The summed E-state index contributed by atoms with van der Waals surface area (Å²) in [5.74, 6) is 0.303. The molecule has 1 aromatic carbocycles. The Kier molecular flexibility index (Phi) is 3.13. The van der Waals surface area contributed by atoms with E-state index < -0.39 is 11.9 Å². The van der Waals surface area contributed by atoms with Gasteiger partial charge in [-0.15, -0.1) is 0 Å². The third kappa shape index (κ3) is 2.74. The zero-order chi connectivity index (χ0) is 15.0. The number of hydrogen-bond donors (Lipinski definition) is 4. The number of rotatable bonds is 4. The van der Waals surface area contributed by atoms with Gasteiger partial charge in [0, 0.05) is 10.9 Å². The van der Waals surface area contributed by atoms with Gasteiger partial charge < -0.3 is 16.5 Å². The number of nitrogens with one attached hydrogen (secondary N) is 2. The Balaban J connectivity index is 2.04. The standard InChI is InChI=1S/C15H16N4O2/c16-13(20)12-10-6-5-9(4-3-8-1-2-8)7-11(10)18-14(12)19-15(17)21/h3-8,18H,1-2H2,(H2,16,20)(H3,17,19,21)/b4-3+. The second kappa shape index (κ2) is 4.97. The van der Waals surface area contributed by atoms with E-state index in [4.69, 9.17) is 11.5 Å². The second-order valence-electron chi connectivity index (χ2n) is 5.23. The fraction of sp³-hybridized carbons (Fsp3) is 0.200. The van der Waals surface area contributed by atoms with Gasteiger partial charge in [0.05, 0.1) is 5.56 Å². The molecule has 3 amide bonds. The number of primary amides is 2. The van der Waals surface area contributed by atoms with E-state index in [1.807, 2.05) is 18.2 Å². The topological polar surface area (TPSA) is 114 Å². The normalized spacial score (nSPS) is 14.7. The third-order valence-corrected chi connectivity index (χ3v) is 3.50. The molecule has 3 rings (SSSR count). The maximum Gasteiger partial charge on any atom is 0.317 e. The van der Waals surface area contributed by atoms with Crippen LogP contribution in [0.4, 0.5) is 10.6 Å². The molecule has 108 valence electrons. The van der Waals surface area contributed by atoms with Gasteiger partial charge in [-0.2, -0.15) is 0 Å². The molecule has 21 heavy (non-hydrogen) atoms. The number of carbonyl (C=O) groups excluding carboxylic acids is 2. The summed E-state index contributed by atoms with van der Waals surface area (Å²) in [4.78, 5) is 25.6. The zero-order valence-corrected chi connectivity index (χ0v) is 11.3. The van der Waals surface area contributed by atoms with E-state index in [9.17, 15) is 9.59 Å². The Hall–Kier alpha value is -2.76. The molecule has 0 aliphatic heterocycles. The minimum absolute atomic E-state index is 0.230. The van der Waals surface area contributed by atoms with Crippen molar-refractivity contribution in [1.82, 2.24) is 4.98 Å². The number of H-pyrrole nitrogens is 1. The fourth-order valence-corrected chi connectivity index (χ4v) is 2.33. The summed E-state index contributed by atoms with van der Waals surface area (Å²) >= 11 is 0. The highest BCUT2D eigenvalue weighted by atomic mass is 16.2. The third-order valence-electron chi connectivity index (χ3n) is 3.50. The van der Waals surface area contributed by atoms with E-state index in [2.05, 4.69) is 22.5 Å². The number of hydrogen-bond acceptors (Lipinski definition) is 2. The Morgan fingerprint density at radius 2 is 2.05 bits per heavy atom. The molecule has 0 unspecified atom stereocenters. The number of benzene rings is 1. The summed E-state index contributed by atoms with van der Waals surface area (Å²) in [5.41, 5.74) is 12.5. The smallest absolute Gasteiger partial charge is 0.317 e. The van der Waals surface area contributed by atoms with Crippen molar-refractivity contribution in [3.63, 3.8) is 0 Å². The van der Waals surface area contributed by atoms with E-state index in [1.54, 1.807) is 0 Å². The van der Waals surface area contributed by atoms with Crippen molar-refractivity contribution in [3.8, 4) is 0 Å². The molecule has 1 aromatic heterocycles. The molecule has 6 nitrogen and oxygen atoms in total. The molecular weight excluding hydrogens is 268 g/mol. The van der Waals surface area contributed by atoms with Gasteiger partial charge >= 0.3 is 6.03 Å². The van der Waals surface area contributed by atoms with Gasteiger partial charge in [-0.05, 0) is 30.4 Å². The summed E-state index contributed by atoms with van der Waals surface area (Å²) in [7, 11) is 0. The van der Waals surface area contributed by atoms with Crippen LogP contribution in [-0.2, 0) is 0 Å². The second-order valence-corrected chi connectivity index (χ2v) is 5.23. The minimum Gasteiger partial charge on any atom is -0.365 e. The molecule has 0 atom stereocenters. The van der Waals surface area contributed by atoms with Gasteiger partial charge in [0.1, 0.15) is 5.82 Å². The van der Waals surface area contributed by atoms with Crippen LogP contribution in [0, 0.1) is 5.92 Å². The summed E-state index contributed by atoms with van der Waals surface area (Å²) in [5, 5.41) is 3.05. The lowest BCUT2D eigenvalue weighted by atomic mass is 10.1. The number of allylic oxidation sites excluding steroid dienone is 1. The van der Waals surface area contributed by atoms with Crippen LogP contribution in [0.2, 0.25) is 0 Å². The number of aromatic amines is 1. The number of urea groups is 1. The fourth-order valence-electron chi connectivity index (χ4n) is 2.33. The molecule has 6 N–H and O–H groups in total. The lowest BCUT2D eigenvalue weighted by Gasteiger charge is -2.00. The predicted molar refractivity (Wildman–Crippen MR) is 81.8 cm³/mol. The van der Waals surface area contributed by atoms with Crippen LogP contribution in [-0.4, -0.2) is 16.9 Å². The molecule has 1 saturated carbocycles. The molecule has 0 spiro atoms. The first-order chi connectivity index (χ1) is 10.0. The van der Waals surface area contributed by atoms with Gasteiger partial charge in [0.2, 0.25) is 0 Å². The largest absolute Gasteiger partial charge is 0.365 e. The average Bonchev–Trinajstić information content (AvgIpc) is 3.16. The molecule has 6 heteroatoms. The Labute approximate surface area is 121 Å². The molecule has 2 aromatic rings. The molecule has 1 aliphatic rings. The highest BCUT2D eigenvalue weighted by Crippen LogP contribution is 2.31. The number of nitrogens with two attached hydrogens (primary N) is 2. The van der Waals surface area contributed by atoms with Gasteiger partial charge in [0.25, 0.3) is 5.91 Å². The van der Waals surface area contributed by atoms with Crippen molar-refractivity contribution < 1.29 is 9.59 Å². The number of fused-ring (bicyclic) bond motifs is 1. The summed E-state index contributed by atoms with van der Waals surface area (Å²) in [6.07, 6.45) is 6.74. The SMILES string of the molecule is NC(=O)Nc1[nH]c2cc(/C=C/C3CC3)ccc2c1C(N)=O. The van der Waals surface area contributed by atoms with Crippen LogP contribution >= 0.6 is 0 Å². The van der Waals surface area contributed by atoms with E-state index in [0.29, 0.717) is 11.3 Å². The Morgan fingerprint density at radius 3 is 2.67 bits per heavy atom. The molecule has 0 saturated heterocycles. The molecule has 1 aliphatic carbocycles. The van der Waals surface area contributed by atoms with Crippen LogP contribution in [0.15, 0.2) is 24.3 Å². The van der Waals surface area contributed by atoms with Gasteiger partial charge in [-0.1, -0.05) is 24.3 Å². The van der Waals surface area contributed by atoms with E-state index in [1.165, 1.54) is 12.8 Å². The monoisotopic (exact) mass is 284 g/mol. The maximum absolute atomic E-state index is 11.6. The lowest BCUT2D eigenvalue weighted by Crippen LogP contribution is -2.22. The van der Waals surface area contributed by atoms with Crippen LogP contribution in [0.3, 0.4) is 0 Å². The van der Waals surface area contributed by atoms with Crippen LogP contribution in [0.1, 0.15) is 28.8 Å². The Bertz CT molecular complexity index is 756. The molecule has 1 fully saturated rings. The van der Waals surface area contributed by atoms with Crippen LogP contribution in [0.5, 0.6) is 0 Å². The van der Waals surface area contributed by atoms with Gasteiger partial charge in [-0.25, -0.2) is 4.79 Å². The average molecular weight is 284 g/mol.